The third-order valence-electron chi connectivity index (χ3n) is 1.87. The average Bonchev–Trinajstić information content (AvgIpc) is 2.26. The number of carboxylic acids is 1. The van der Waals surface area contributed by atoms with Gasteiger partial charge in [0.2, 0.25) is 5.91 Å². The summed E-state index contributed by atoms with van der Waals surface area (Å²) >= 11 is 0. The zero-order valence-corrected chi connectivity index (χ0v) is 9.24. The highest BCUT2D eigenvalue weighted by Gasteiger charge is 2.20. The first-order valence-electron chi connectivity index (χ1n) is 4.42. The van der Waals surface area contributed by atoms with Gasteiger partial charge < -0.3 is 16.2 Å². The predicted molar refractivity (Wildman–Crippen MR) is 61.3 cm³/mol. The Hall–Kier alpha value is -1.59. The minimum atomic E-state index is -1.11. The summed E-state index contributed by atoms with van der Waals surface area (Å²) in [7, 11) is 0. The number of nitrogens with one attached hydrogen (secondary N) is 1. The lowest BCUT2D eigenvalue weighted by Gasteiger charge is -2.13. The topological polar surface area (TPSA) is 92.4 Å². The minimum Gasteiger partial charge on any atom is -0.479 e. The van der Waals surface area contributed by atoms with Crippen molar-refractivity contribution in [3.05, 3.63) is 35.9 Å². The van der Waals surface area contributed by atoms with E-state index >= 15 is 0 Å². The molecule has 0 saturated heterocycles. The number of benzene rings is 1. The molecule has 6 heteroatoms. The normalized spacial score (nSPS) is 11.1. The maximum absolute atomic E-state index is 11.0. The zero-order chi connectivity index (χ0) is 11.3. The van der Waals surface area contributed by atoms with Crippen LogP contribution in [0.15, 0.2) is 30.3 Å². The predicted octanol–water partition coefficient (Wildman–Crippen LogP) is 0.309. The van der Waals surface area contributed by atoms with Crippen LogP contribution in [0.2, 0.25) is 0 Å². The maximum Gasteiger partial charge on any atom is 0.330 e. The second-order valence-electron chi connectivity index (χ2n) is 2.95. The van der Waals surface area contributed by atoms with Gasteiger partial charge in [-0.05, 0) is 5.56 Å². The SMILES string of the molecule is Cl.NCC(=O)NC(C(=O)O)c1ccccc1. The molecule has 0 aliphatic carbocycles. The molecule has 0 heterocycles. The first-order chi connectivity index (χ1) is 7.15. The highest BCUT2D eigenvalue weighted by molar-refractivity contribution is 5.85. The van der Waals surface area contributed by atoms with Gasteiger partial charge in [-0.3, -0.25) is 4.79 Å². The summed E-state index contributed by atoms with van der Waals surface area (Å²) in [5.41, 5.74) is 5.61. The molecule has 0 spiro atoms. The molecule has 5 nitrogen and oxygen atoms in total. The lowest BCUT2D eigenvalue weighted by atomic mass is 10.1. The fraction of sp³-hybridized carbons (Fsp3) is 0.200. The molecule has 16 heavy (non-hydrogen) atoms. The van der Waals surface area contributed by atoms with Crippen LogP contribution in [0.1, 0.15) is 11.6 Å². The molecule has 0 bridgehead atoms. The molecule has 88 valence electrons. The lowest BCUT2D eigenvalue weighted by molar-refractivity contribution is -0.141. The summed E-state index contributed by atoms with van der Waals surface area (Å²) in [6, 6.07) is 7.42. The average molecular weight is 245 g/mol. The summed E-state index contributed by atoms with van der Waals surface area (Å²) < 4.78 is 0. The Morgan fingerprint density at radius 3 is 2.31 bits per heavy atom. The van der Waals surface area contributed by atoms with Gasteiger partial charge in [-0.25, -0.2) is 4.79 Å². The number of rotatable bonds is 4. The number of aliphatic carboxylic acids is 1. The maximum atomic E-state index is 11.0. The monoisotopic (exact) mass is 244 g/mol. The van der Waals surface area contributed by atoms with Crippen molar-refractivity contribution in [1.29, 1.82) is 0 Å². The van der Waals surface area contributed by atoms with Gasteiger partial charge in [0.15, 0.2) is 6.04 Å². The third kappa shape index (κ3) is 3.88. The third-order valence-corrected chi connectivity index (χ3v) is 1.87. The van der Waals surface area contributed by atoms with Crippen LogP contribution in [0.5, 0.6) is 0 Å². The van der Waals surface area contributed by atoms with Crippen molar-refractivity contribution in [3.63, 3.8) is 0 Å². The van der Waals surface area contributed by atoms with Crippen LogP contribution in [0.4, 0.5) is 0 Å². The number of carboxylic acid groups (broad SMARTS) is 1. The quantitative estimate of drug-likeness (QED) is 0.711. The molecular weight excluding hydrogens is 232 g/mol. The van der Waals surface area contributed by atoms with E-state index in [1.807, 2.05) is 0 Å². The van der Waals surface area contributed by atoms with Crippen LogP contribution >= 0.6 is 12.4 Å². The van der Waals surface area contributed by atoms with Gasteiger partial charge >= 0.3 is 5.97 Å². The van der Waals surface area contributed by atoms with Crippen molar-refractivity contribution >= 4 is 24.3 Å². The smallest absolute Gasteiger partial charge is 0.330 e. The summed E-state index contributed by atoms with van der Waals surface area (Å²) in [6.45, 7) is -0.226. The molecule has 1 unspecified atom stereocenters. The van der Waals surface area contributed by atoms with Crippen molar-refractivity contribution in [2.45, 2.75) is 6.04 Å². The van der Waals surface area contributed by atoms with Crippen LogP contribution in [0.25, 0.3) is 0 Å². The number of amides is 1. The highest BCUT2D eigenvalue weighted by Crippen LogP contribution is 2.12. The Balaban J connectivity index is 0.00000225. The number of hydrogen-bond acceptors (Lipinski definition) is 3. The number of halogens is 1. The highest BCUT2D eigenvalue weighted by atomic mass is 35.5. The molecule has 1 rings (SSSR count). The summed E-state index contributed by atoms with van der Waals surface area (Å²) in [4.78, 5) is 21.9. The molecule has 0 aliphatic heterocycles. The second-order valence-corrected chi connectivity index (χ2v) is 2.95. The number of carbonyl (C=O) groups excluding carboxylic acids is 1. The van der Waals surface area contributed by atoms with Crippen LogP contribution < -0.4 is 11.1 Å². The van der Waals surface area contributed by atoms with Crippen molar-refractivity contribution in [2.24, 2.45) is 5.73 Å². The fourth-order valence-corrected chi connectivity index (χ4v) is 1.15. The molecule has 0 saturated carbocycles. The number of hydrogen-bond donors (Lipinski definition) is 3. The summed E-state index contributed by atoms with van der Waals surface area (Å²) in [5, 5.41) is 11.2. The number of carbonyl (C=O) groups is 2. The summed E-state index contributed by atoms with van der Waals surface area (Å²) in [5.74, 6) is -1.60. The molecular formula is C10H13ClN2O3. The standard InChI is InChI=1S/C10H12N2O3.ClH/c11-6-8(13)12-9(10(14)15)7-4-2-1-3-5-7;/h1-5,9H,6,11H2,(H,12,13)(H,14,15);1H. The molecule has 0 aliphatic rings. The van der Waals surface area contributed by atoms with Gasteiger partial charge in [0.05, 0.1) is 6.54 Å². The minimum absolute atomic E-state index is 0. The van der Waals surface area contributed by atoms with E-state index < -0.39 is 17.9 Å². The van der Waals surface area contributed by atoms with E-state index in [0.717, 1.165) is 0 Å². The van der Waals surface area contributed by atoms with Crippen LogP contribution in [-0.4, -0.2) is 23.5 Å². The van der Waals surface area contributed by atoms with Gasteiger partial charge in [0.1, 0.15) is 0 Å². The Bertz CT molecular complexity index is 356. The molecule has 0 radical (unpaired) electrons. The van der Waals surface area contributed by atoms with Gasteiger partial charge in [-0.2, -0.15) is 0 Å². The first-order valence-corrected chi connectivity index (χ1v) is 4.42. The molecule has 1 atom stereocenters. The lowest BCUT2D eigenvalue weighted by Crippen LogP contribution is -2.37. The van der Waals surface area contributed by atoms with Crippen molar-refractivity contribution in [2.75, 3.05) is 6.54 Å². The molecule has 0 aromatic heterocycles. The van der Waals surface area contributed by atoms with E-state index in [1.54, 1.807) is 30.3 Å². The van der Waals surface area contributed by atoms with Crippen molar-refractivity contribution in [1.82, 2.24) is 5.32 Å². The molecule has 0 fully saturated rings. The van der Waals surface area contributed by atoms with E-state index in [-0.39, 0.29) is 19.0 Å². The van der Waals surface area contributed by atoms with Crippen molar-refractivity contribution in [3.8, 4) is 0 Å². The van der Waals surface area contributed by atoms with Crippen molar-refractivity contribution < 1.29 is 14.7 Å². The van der Waals surface area contributed by atoms with E-state index in [1.165, 1.54) is 0 Å². The fourth-order valence-electron chi connectivity index (χ4n) is 1.15. The van der Waals surface area contributed by atoms with Gasteiger partial charge in [0, 0.05) is 0 Å². The van der Waals surface area contributed by atoms with Crippen LogP contribution in [-0.2, 0) is 9.59 Å². The van der Waals surface area contributed by atoms with Gasteiger partial charge in [0.25, 0.3) is 0 Å². The molecule has 1 aromatic carbocycles. The summed E-state index contributed by atoms with van der Waals surface area (Å²) in [6.07, 6.45) is 0. The molecule has 4 N–H and O–H groups in total. The van der Waals surface area contributed by atoms with Crippen LogP contribution in [0.3, 0.4) is 0 Å². The number of nitrogens with two attached hydrogens (primary N) is 1. The van der Waals surface area contributed by atoms with E-state index in [4.69, 9.17) is 10.8 Å². The Morgan fingerprint density at radius 1 is 1.31 bits per heavy atom. The van der Waals surface area contributed by atoms with E-state index in [9.17, 15) is 9.59 Å². The van der Waals surface area contributed by atoms with Crippen LogP contribution in [0, 0.1) is 0 Å². The molecule has 1 aromatic rings. The molecule has 1 amide bonds. The Morgan fingerprint density at radius 2 is 1.88 bits per heavy atom. The van der Waals surface area contributed by atoms with Gasteiger partial charge in [-0.15, -0.1) is 12.4 Å². The van der Waals surface area contributed by atoms with E-state index in [2.05, 4.69) is 5.32 Å². The largest absolute Gasteiger partial charge is 0.479 e. The Kier molecular flexibility index (Phi) is 6.14. The Labute approximate surface area is 99.1 Å². The first kappa shape index (κ1) is 14.4. The second kappa shape index (κ2) is 6.81. The zero-order valence-electron chi connectivity index (χ0n) is 8.42. The van der Waals surface area contributed by atoms with E-state index in [0.29, 0.717) is 5.56 Å². The van der Waals surface area contributed by atoms with Gasteiger partial charge in [-0.1, -0.05) is 30.3 Å².